The minimum Gasteiger partial charge on any atom is -0.356 e. The molecule has 110 valence electrons. The summed E-state index contributed by atoms with van der Waals surface area (Å²) in [5.74, 6) is 0.306. The maximum atomic E-state index is 12.3. The second kappa shape index (κ2) is 8.65. The molecule has 3 heteroatoms. The molecule has 1 aliphatic carbocycles. The first-order valence-corrected chi connectivity index (χ1v) is 9.27. The van der Waals surface area contributed by atoms with E-state index < -0.39 is 0 Å². The van der Waals surface area contributed by atoms with Crippen LogP contribution in [0.4, 0.5) is 0 Å². The third-order valence-corrected chi connectivity index (χ3v) is 4.81. The lowest BCUT2D eigenvalue weighted by Gasteiger charge is -2.24. The number of benzene rings is 1. The summed E-state index contributed by atoms with van der Waals surface area (Å²) in [6.07, 6.45) is 8.16. The Morgan fingerprint density at radius 3 is 2.85 bits per heavy atom. The molecule has 1 atom stereocenters. The first-order valence-electron chi connectivity index (χ1n) is 7.74. The predicted molar refractivity (Wildman–Crippen MR) is 92.5 cm³/mol. The number of hydrogen-bond donors (Lipinski definition) is 1. The van der Waals surface area contributed by atoms with Crippen molar-refractivity contribution in [2.45, 2.75) is 50.9 Å². The molecule has 1 aromatic carbocycles. The van der Waals surface area contributed by atoms with Crippen molar-refractivity contribution in [3.05, 3.63) is 35.4 Å². The van der Waals surface area contributed by atoms with Crippen LogP contribution in [0.3, 0.4) is 0 Å². The molecule has 0 fully saturated rings. The lowest BCUT2D eigenvalue weighted by Crippen LogP contribution is -2.32. The predicted octanol–water partition coefficient (Wildman–Crippen LogP) is 4.22. The molecule has 0 bridgehead atoms. The molecule has 20 heavy (non-hydrogen) atoms. The number of amides is 1. The number of carbonyl (C=O) groups is 1. The number of nitrogens with one attached hydrogen (secondary N) is 1. The molecule has 0 spiro atoms. The van der Waals surface area contributed by atoms with Crippen molar-refractivity contribution < 1.29 is 4.79 Å². The van der Waals surface area contributed by atoms with Crippen LogP contribution in [0.15, 0.2) is 24.3 Å². The van der Waals surface area contributed by atoms with Crippen LogP contribution in [-0.2, 0) is 11.2 Å². The van der Waals surface area contributed by atoms with Gasteiger partial charge in [-0.25, -0.2) is 0 Å². The first kappa shape index (κ1) is 15.8. The van der Waals surface area contributed by atoms with Crippen molar-refractivity contribution in [1.82, 2.24) is 5.32 Å². The molecule has 1 aromatic rings. The van der Waals surface area contributed by atoms with Gasteiger partial charge in [0.1, 0.15) is 0 Å². The Morgan fingerprint density at radius 1 is 1.20 bits per heavy atom. The highest BCUT2D eigenvalue weighted by Gasteiger charge is 2.25. The lowest BCUT2D eigenvalue weighted by atomic mass is 9.82. The molecule has 1 aliphatic rings. The molecule has 0 saturated carbocycles. The number of carbonyl (C=O) groups excluding carboxylic acids is 1. The third-order valence-electron chi connectivity index (χ3n) is 4.05. The van der Waals surface area contributed by atoms with Crippen LogP contribution in [0.1, 0.15) is 55.6 Å². The number of hydrogen-bond acceptors (Lipinski definition) is 1. The van der Waals surface area contributed by atoms with Gasteiger partial charge in [0, 0.05) is 6.54 Å². The van der Waals surface area contributed by atoms with Crippen molar-refractivity contribution in [3.63, 3.8) is 0 Å². The maximum absolute atomic E-state index is 12.3. The van der Waals surface area contributed by atoms with Crippen LogP contribution >= 0.6 is 22.6 Å². The Hall–Kier alpha value is -0.580. The van der Waals surface area contributed by atoms with Crippen LogP contribution in [0.25, 0.3) is 0 Å². The lowest BCUT2D eigenvalue weighted by molar-refractivity contribution is -0.122. The van der Waals surface area contributed by atoms with E-state index in [1.165, 1.54) is 34.8 Å². The van der Waals surface area contributed by atoms with Crippen molar-refractivity contribution in [2.24, 2.45) is 0 Å². The van der Waals surface area contributed by atoms with Gasteiger partial charge < -0.3 is 5.32 Å². The largest absolute Gasteiger partial charge is 0.356 e. The average molecular weight is 385 g/mol. The van der Waals surface area contributed by atoms with E-state index in [0.717, 1.165) is 32.2 Å². The molecule has 1 unspecified atom stereocenters. The summed E-state index contributed by atoms with van der Waals surface area (Å²) in [5.41, 5.74) is 2.61. The van der Waals surface area contributed by atoms with E-state index in [4.69, 9.17) is 0 Å². The highest BCUT2D eigenvalue weighted by atomic mass is 127. The van der Waals surface area contributed by atoms with Gasteiger partial charge in [-0.15, -0.1) is 0 Å². The fourth-order valence-electron chi connectivity index (χ4n) is 2.93. The van der Waals surface area contributed by atoms with Gasteiger partial charge in [-0.2, -0.15) is 0 Å². The average Bonchev–Trinajstić information content (AvgIpc) is 2.50. The number of rotatable bonds is 7. The topological polar surface area (TPSA) is 29.1 Å². The van der Waals surface area contributed by atoms with E-state index in [-0.39, 0.29) is 11.8 Å². The number of unbranched alkanes of at least 4 members (excludes halogenated alkanes) is 3. The van der Waals surface area contributed by atoms with E-state index in [0.29, 0.717) is 0 Å². The van der Waals surface area contributed by atoms with Gasteiger partial charge in [0.2, 0.25) is 5.91 Å². The minimum absolute atomic E-state index is 0.0781. The highest BCUT2D eigenvalue weighted by molar-refractivity contribution is 14.1. The van der Waals surface area contributed by atoms with Crippen LogP contribution < -0.4 is 5.32 Å². The molecule has 0 saturated heterocycles. The van der Waals surface area contributed by atoms with Gasteiger partial charge in [0.25, 0.3) is 0 Å². The standard InChI is InChI=1S/C17H24INO/c18-12-5-1-2-6-13-19-17(20)16-11-7-9-14-8-3-4-10-15(14)16/h3-4,8,10,16H,1-2,5-7,9,11-13H2,(H,19,20). The van der Waals surface area contributed by atoms with E-state index in [2.05, 4.69) is 52.2 Å². The summed E-state index contributed by atoms with van der Waals surface area (Å²) in [6.45, 7) is 0.832. The fraction of sp³-hybridized carbons (Fsp3) is 0.588. The van der Waals surface area contributed by atoms with E-state index in [1.807, 2.05) is 0 Å². The molecule has 2 nitrogen and oxygen atoms in total. The number of aryl methyl sites for hydroxylation is 1. The molecule has 0 aromatic heterocycles. The maximum Gasteiger partial charge on any atom is 0.227 e. The molecular weight excluding hydrogens is 361 g/mol. The van der Waals surface area contributed by atoms with Gasteiger partial charge in [-0.05, 0) is 47.7 Å². The van der Waals surface area contributed by atoms with Gasteiger partial charge in [0.15, 0.2) is 0 Å². The number of fused-ring (bicyclic) bond motifs is 1. The van der Waals surface area contributed by atoms with Crippen molar-refractivity contribution in [3.8, 4) is 0 Å². The second-order valence-electron chi connectivity index (χ2n) is 5.54. The Morgan fingerprint density at radius 2 is 2.00 bits per heavy atom. The Bertz CT molecular complexity index is 433. The molecule has 0 radical (unpaired) electrons. The molecule has 0 heterocycles. The summed E-state index contributed by atoms with van der Waals surface area (Å²) in [4.78, 5) is 12.3. The zero-order chi connectivity index (χ0) is 14.2. The van der Waals surface area contributed by atoms with Crippen molar-refractivity contribution >= 4 is 28.5 Å². The Balaban J connectivity index is 1.79. The number of alkyl halides is 1. The SMILES string of the molecule is O=C(NCCCCCCI)C1CCCc2ccccc21. The quantitative estimate of drug-likeness (QED) is 0.425. The molecule has 1 N–H and O–H groups in total. The third kappa shape index (κ3) is 4.47. The zero-order valence-corrected chi connectivity index (χ0v) is 14.2. The normalized spacial score (nSPS) is 17.6. The van der Waals surface area contributed by atoms with E-state index in [9.17, 15) is 4.79 Å². The van der Waals surface area contributed by atoms with Gasteiger partial charge in [-0.1, -0.05) is 59.7 Å². The zero-order valence-electron chi connectivity index (χ0n) is 12.0. The van der Waals surface area contributed by atoms with Crippen LogP contribution in [0.2, 0.25) is 0 Å². The summed E-state index contributed by atoms with van der Waals surface area (Å²) in [5, 5.41) is 3.13. The van der Waals surface area contributed by atoms with Gasteiger partial charge in [-0.3, -0.25) is 4.79 Å². The molecule has 2 rings (SSSR count). The summed E-state index contributed by atoms with van der Waals surface area (Å²) in [7, 11) is 0. The van der Waals surface area contributed by atoms with Crippen LogP contribution in [0.5, 0.6) is 0 Å². The number of halogens is 1. The molecule has 1 amide bonds. The summed E-state index contributed by atoms with van der Waals surface area (Å²) < 4.78 is 1.24. The van der Waals surface area contributed by atoms with E-state index in [1.54, 1.807) is 0 Å². The van der Waals surface area contributed by atoms with Crippen molar-refractivity contribution in [1.29, 1.82) is 0 Å². The fourth-order valence-corrected chi connectivity index (χ4v) is 3.47. The summed E-state index contributed by atoms with van der Waals surface area (Å²) >= 11 is 2.42. The second-order valence-corrected chi connectivity index (χ2v) is 6.62. The Kier molecular flexibility index (Phi) is 6.83. The Labute approximate surface area is 135 Å². The van der Waals surface area contributed by atoms with Crippen LogP contribution in [-0.4, -0.2) is 16.9 Å². The highest BCUT2D eigenvalue weighted by Crippen LogP contribution is 2.31. The van der Waals surface area contributed by atoms with Crippen molar-refractivity contribution in [2.75, 3.05) is 11.0 Å². The molecule has 0 aliphatic heterocycles. The van der Waals surface area contributed by atoms with Gasteiger partial charge >= 0.3 is 0 Å². The summed E-state index contributed by atoms with van der Waals surface area (Å²) in [6, 6.07) is 8.42. The smallest absolute Gasteiger partial charge is 0.227 e. The first-order chi connectivity index (χ1) is 9.83. The monoisotopic (exact) mass is 385 g/mol. The van der Waals surface area contributed by atoms with E-state index >= 15 is 0 Å². The minimum atomic E-state index is 0.0781. The molecular formula is C17H24INO. The van der Waals surface area contributed by atoms with Gasteiger partial charge in [0.05, 0.1) is 5.92 Å². The van der Waals surface area contributed by atoms with Crippen LogP contribution in [0, 0.1) is 0 Å².